The van der Waals surface area contributed by atoms with Crippen molar-refractivity contribution in [3.8, 4) is 0 Å². The molecule has 2 aromatic carbocycles. The van der Waals surface area contributed by atoms with Crippen LogP contribution < -0.4 is 10.2 Å². The van der Waals surface area contributed by atoms with Gasteiger partial charge in [-0.1, -0.05) is 17.7 Å². The van der Waals surface area contributed by atoms with E-state index < -0.39 is 0 Å². The van der Waals surface area contributed by atoms with Gasteiger partial charge in [-0.05, 0) is 80.0 Å². The molecule has 2 bridgehead atoms. The standard InChI is InChI=1S/C23H21ClN2O3/c1-12-2-7-16(24)11-18(12)25-21(27)13-5-8-17(9-6-13)26-22(28)19-14-3-4-15(10-14)20(19)23(26)29/h2,5-9,11,14-15,19-20H,3-4,10H2,1H3,(H,25,27)/t14-,15-,19-,20-/m0/s1. The minimum Gasteiger partial charge on any atom is -0.322 e. The van der Waals surface area contributed by atoms with E-state index in [0.29, 0.717) is 33.8 Å². The van der Waals surface area contributed by atoms with Gasteiger partial charge >= 0.3 is 0 Å². The SMILES string of the molecule is Cc1ccc(Cl)cc1NC(=O)c1ccc(N2C(=O)[C@H]3[C@H]4CC[C@@H](C4)[C@@H]3C2=O)cc1. The summed E-state index contributed by atoms with van der Waals surface area (Å²) >= 11 is 6.01. The van der Waals surface area contributed by atoms with Crippen LogP contribution in [0.4, 0.5) is 11.4 Å². The first-order valence-corrected chi connectivity index (χ1v) is 10.4. The van der Waals surface area contributed by atoms with Gasteiger partial charge in [0.1, 0.15) is 0 Å². The molecule has 4 atom stereocenters. The smallest absolute Gasteiger partial charge is 0.255 e. The van der Waals surface area contributed by atoms with Gasteiger partial charge in [0.2, 0.25) is 11.8 Å². The van der Waals surface area contributed by atoms with Crippen LogP contribution in [0.25, 0.3) is 0 Å². The lowest BCUT2D eigenvalue weighted by molar-refractivity contribution is -0.123. The summed E-state index contributed by atoms with van der Waals surface area (Å²) in [6.45, 7) is 1.89. The van der Waals surface area contributed by atoms with Gasteiger partial charge in [0.15, 0.2) is 0 Å². The Morgan fingerprint density at radius 1 is 1.00 bits per heavy atom. The largest absolute Gasteiger partial charge is 0.322 e. The number of nitrogens with one attached hydrogen (secondary N) is 1. The second-order valence-electron chi connectivity index (χ2n) is 8.36. The molecule has 2 aliphatic carbocycles. The molecular formula is C23H21ClN2O3. The van der Waals surface area contributed by atoms with Gasteiger partial charge in [-0.15, -0.1) is 0 Å². The highest BCUT2D eigenvalue weighted by Crippen LogP contribution is 2.56. The van der Waals surface area contributed by atoms with Gasteiger partial charge in [-0.3, -0.25) is 19.3 Å². The van der Waals surface area contributed by atoms with Crippen molar-refractivity contribution in [3.63, 3.8) is 0 Å². The Labute approximate surface area is 174 Å². The fourth-order valence-corrected chi connectivity index (χ4v) is 5.52. The summed E-state index contributed by atoms with van der Waals surface area (Å²) in [5.41, 5.74) is 2.56. The number of halogens is 1. The molecule has 3 amide bonds. The molecule has 148 valence electrons. The number of carbonyl (C=O) groups excluding carboxylic acids is 3. The minimum atomic E-state index is -0.268. The molecule has 0 aromatic heterocycles. The normalized spacial score (nSPS) is 27.4. The molecule has 1 heterocycles. The lowest BCUT2D eigenvalue weighted by Gasteiger charge is -2.19. The van der Waals surface area contributed by atoms with Crippen LogP contribution in [0.2, 0.25) is 5.02 Å². The van der Waals surface area contributed by atoms with Crippen molar-refractivity contribution in [3.05, 3.63) is 58.6 Å². The highest BCUT2D eigenvalue weighted by atomic mass is 35.5. The molecule has 0 spiro atoms. The summed E-state index contributed by atoms with van der Waals surface area (Å²) in [5.74, 6) is 0.0220. The van der Waals surface area contributed by atoms with E-state index in [4.69, 9.17) is 11.6 Å². The number of fused-ring (bicyclic) bond motifs is 5. The van der Waals surface area contributed by atoms with Gasteiger partial charge in [0, 0.05) is 16.3 Å². The summed E-state index contributed by atoms with van der Waals surface area (Å²) in [4.78, 5) is 39.8. The Balaban J connectivity index is 1.35. The molecule has 6 heteroatoms. The maximum atomic E-state index is 12.9. The van der Waals surface area contributed by atoms with E-state index in [0.717, 1.165) is 24.8 Å². The summed E-state index contributed by atoms with van der Waals surface area (Å²) < 4.78 is 0. The Bertz CT molecular complexity index is 1000. The van der Waals surface area contributed by atoms with E-state index in [1.165, 1.54) is 4.90 Å². The number of hydrogen-bond acceptors (Lipinski definition) is 3. The van der Waals surface area contributed by atoms with E-state index in [-0.39, 0.29) is 29.6 Å². The monoisotopic (exact) mass is 408 g/mol. The van der Waals surface area contributed by atoms with E-state index in [1.54, 1.807) is 36.4 Å². The first kappa shape index (κ1) is 18.4. The maximum Gasteiger partial charge on any atom is 0.255 e. The Kier molecular flexibility index (Phi) is 4.24. The highest BCUT2D eigenvalue weighted by molar-refractivity contribution is 6.31. The molecule has 0 unspecified atom stereocenters. The fourth-order valence-electron chi connectivity index (χ4n) is 5.35. The second kappa shape index (κ2) is 6.70. The van der Waals surface area contributed by atoms with Gasteiger partial charge in [-0.25, -0.2) is 0 Å². The third kappa shape index (κ3) is 2.87. The van der Waals surface area contributed by atoms with Crippen molar-refractivity contribution in [2.24, 2.45) is 23.7 Å². The van der Waals surface area contributed by atoms with Crippen LogP contribution in [0.3, 0.4) is 0 Å². The van der Waals surface area contributed by atoms with Gasteiger partial charge in [0.25, 0.3) is 5.91 Å². The molecule has 2 aromatic rings. The second-order valence-corrected chi connectivity index (χ2v) is 8.79. The van der Waals surface area contributed by atoms with Crippen molar-refractivity contribution < 1.29 is 14.4 Å². The lowest BCUT2D eigenvalue weighted by atomic mass is 9.81. The van der Waals surface area contributed by atoms with E-state index in [1.807, 2.05) is 13.0 Å². The number of amides is 3. The molecule has 1 saturated heterocycles. The number of carbonyl (C=O) groups is 3. The van der Waals surface area contributed by atoms with Gasteiger partial charge < -0.3 is 5.32 Å². The van der Waals surface area contributed by atoms with Crippen LogP contribution >= 0.6 is 11.6 Å². The van der Waals surface area contributed by atoms with Crippen LogP contribution in [0.1, 0.15) is 35.2 Å². The molecule has 2 saturated carbocycles. The van der Waals surface area contributed by atoms with Crippen LogP contribution in [0, 0.1) is 30.6 Å². The number of hydrogen-bond donors (Lipinski definition) is 1. The minimum absolute atomic E-state index is 0.0704. The first-order chi connectivity index (χ1) is 13.9. The van der Waals surface area contributed by atoms with Crippen molar-refractivity contribution in [1.29, 1.82) is 0 Å². The van der Waals surface area contributed by atoms with Gasteiger partial charge in [0.05, 0.1) is 17.5 Å². The molecule has 3 aliphatic rings. The zero-order valence-electron chi connectivity index (χ0n) is 16.0. The predicted octanol–water partition coefficient (Wildman–Crippen LogP) is 4.44. The zero-order valence-corrected chi connectivity index (χ0v) is 16.8. The van der Waals surface area contributed by atoms with E-state index in [2.05, 4.69) is 5.32 Å². The Morgan fingerprint density at radius 3 is 2.24 bits per heavy atom. The van der Waals surface area contributed by atoms with E-state index in [9.17, 15) is 14.4 Å². The van der Waals surface area contributed by atoms with Crippen molar-refractivity contribution in [1.82, 2.24) is 0 Å². The Morgan fingerprint density at radius 2 is 1.62 bits per heavy atom. The number of rotatable bonds is 3. The van der Waals surface area contributed by atoms with Crippen LogP contribution in [-0.2, 0) is 9.59 Å². The van der Waals surface area contributed by atoms with Crippen LogP contribution in [0.5, 0.6) is 0 Å². The molecule has 0 radical (unpaired) electrons. The first-order valence-electron chi connectivity index (χ1n) is 9.99. The fraction of sp³-hybridized carbons (Fsp3) is 0.348. The zero-order chi connectivity index (χ0) is 20.3. The third-order valence-electron chi connectivity index (χ3n) is 6.76. The Hall–Kier alpha value is -2.66. The quantitative estimate of drug-likeness (QED) is 0.763. The number of aryl methyl sites for hydroxylation is 1. The van der Waals surface area contributed by atoms with Crippen molar-refractivity contribution >= 4 is 40.7 Å². The number of benzene rings is 2. The average Bonchev–Trinajstić information content (AvgIpc) is 3.39. The lowest BCUT2D eigenvalue weighted by Crippen LogP contribution is -2.32. The average molecular weight is 409 g/mol. The summed E-state index contributed by atoms with van der Waals surface area (Å²) in [6, 6.07) is 12.0. The molecule has 1 N–H and O–H groups in total. The summed E-state index contributed by atoms with van der Waals surface area (Å²) in [5, 5.41) is 3.40. The summed E-state index contributed by atoms with van der Waals surface area (Å²) in [6.07, 6.45) is 3.13. The molecule has 5 nitrogen and oxygen atoms in total. The predicted molar refractivity (Wildman–Crippen MR) is 111 cm³/mol. The topological polar surface area (TPSA) is 66.5 Å². The van der Waals surface area contributed by atoms with Crippen molar-refractivity contribution in [2.45, 2.75) is 26.2 Å². The van der Waals surface area contributed by atoms with Crippen LogP contribution in [0.15, 0.2) is 42.5 Å². The third-order valence-corrected chi connectivity index (χ3v) is 7.00. The molecule has 3 fully saturated rings. The molecule has 5 rings (SSSR count). The number of nitrogens with zero attached hydrogens (tertiary/aromatic N) is 1. The number of anilines is 2. The molecule has 29 heavy (non-hydrogen) atoms. The molecular weight excluding hydrogens is 388 g/mol. The van der Waals surface area contributed by atoms with Crippen LogP contribution in [-0.4, -0.2) is 17.7 Å². The molecule has 1 aliphatic heterocycles. The van der Waals surface area contributed by atoms with Crippen molar-refractivity contribution in [2.75, 3.05) is 10.2 Å². The van der Waals surface area contributed by atoms with E-state index >= 15 is 0 Å². The highest BCUT2D eigenvalue weighted by Gasteiger charge is 2.61. The maximum absolute atomic E-state index is 12.9. The van der Waals surface area contributed by atoms with Gasteiger partial charge in [-0.2, -0.15) is 0 Å². The number of imide groups is 1. The summed E-state index contributed by atoms with van der Waals surface area (Å²) in [7, 11) is 0.